The molecular weight excluding hydrogens is 206 g/mol. The molecule has 0 amide bonds. The van der Waals surface area contributed by atoms with Crippen LogP contribution in [0.1, 0.15) is 46.0 Å². The van der Waals surface area contributed by atoms with Gasteiger partial charge in [-0.3, -0.25) is 4.98 Å². The topological polar surface area (TPSA) is 30.5 Å². The minimum atomic E-state index is -2.09. The molecule has 90 valence electrons. The zero-order valence-corrected chi connectivity index (χ0v) is 11.3. The van der Waals surface area contributed by atoms with Gasteiger partial charge in [0.1, 0.15) is 0 Å². The van der Waals surface area contributed by atoms with Gasteiger partial charge in [0.2, 0.25) is 0 Å². The first-order chi connectivity index (χ1) is 7.20. The summed E-state index contributed by atoms with van der Waals surface area (Å²) >= 11 is 0. The van der Waals surface area contributed by atoms with E-state index in [2.05, 4.69) is 11.5 Å². The lowest BCUT2D eigenvalue weighted by atomic mass is 9.96. The van der Waals surface area contributed by atoms with Crippen molar-refractivity contribution in [2.45, 2.75) is 58.5 Å². The van der Waals surface area contributed by atoms with E-state index in [1.807, 2.05) is 13.8 Å². The molecule has 0 aromatic carbocycles. The molecule has 3 nitrogen and oxygen atoms in total. The fourth-order valence-corrected chi connectivity index (χ4v) is 4.68. The molecule has 1 rings (SSSR count). The molecule has 15 heavy (non-hydrogen) atoms. The molecule has 0 radical (unpaired) electrons. The van der Waals surface area contributed by atoms with Gasteiger partial charge in [-0.1, -0.05) is 19.3 Å². The van der Waals surface area contributed by atoms with Gasteiger partial charge in [0.15, 0.2) is 0 Å². The summed E-state index contributed by atoms with van der Waals surface area (Å²) in [5.41, 5.74) is 0. The number of nitrogens with one attached hydrogen (secondary N) is 1. The standard InChI is InChI=1S/C11H25NO2Si/c1-4-13-15(3,14-5-2)12-11-9-7-6-8-10-11/h11-12H,4-10H2,1-3H3. The second kappa shape index (κ2) is 6.63. The first-order valence-corrected chi connectivity index (χ1v) is 8.57. The van der Waals surface area contributed by atoms with Crippen molar-refractivity contribution in [1.29, 1.82) is 0 Å². The Labute approximate surface area is 94.9 Å². The van der Waals surface area contributed by atoms with Crippen molar-refractivity contribution in [2.24, 2.45) is 0 Å². The molecule has 1 N–H and O–H groups in total. The summed E-state index contributed by atoms with van der Waals surface area (Å²) in [6, 6.07) is 0.619. The largest absolute Gasteiger partial charge is 0.422 e. The number of hydrogen-bond donors (Lipinski definition) is 1. The quantitative estimate of drug-likeness (QED) is 0.713. The van der Waals surface area contributed by atoms with Crippen LogP contribution in [0.2, 0.25) is 6.55 Å². The maximum atomic E-state index is 5.78. The molecule has 0 bridgehead atoms. The van der Waals surface area contributed by atoms with E-state index < -0.39 is 8.72 Å². The highest BCUT2D eigenvalue weighted by molar-refractivity contribution is 6.63. The predicted molar refractivity (Wildman–Crippen MR) is 64.9 cm³/mol. The molecule has 1 aliphatic carbocycles. The Morgan fingerprint density at radius 2 is 1.60 bits per heavy atom. The molecule has 0 aromatic heterocycles. The average molecular weight is 231 g/mol. The Kier molecular flexibility index (Phi) is 5.82. The van der Waals surface area contributed by atoms with Crippen molar-refractivity contribution in [3.63, 3.8) is 0 Å². The average Bonchev–Trinajstić information content (AvgIpc) is 2.19. The highest BCUT2D eigenvalue weighted by Gasteiger charge is 2.34. The zero-order valence-electron chi connectivity index (χ0n) is 10.3. The molecule has 0 heterocycles. The fraction of sp³-hybridized carbons (Fsp3) is 1.00. The van der Waals surface area contributed by atoms with Gasteiger partial charge >= 0.3 is 8.72 Å². The van der Waals surface area contributed by atoms with Crippen LogP contribution in [0, 0.1) is 0 Å². The summed E-state index contributed by atoms with van der Waals surface area (Å²) in [6.45, 7) is 7.67. The van der Waals surface area contributed by atoms with Crippen LogP contribution >= 0.6 is 0 Å². The van der Waals surface area contributed by atoms with Crippen molar-refractivity contribution in [3.8, 4) is 0 Å². The number of hydrogen-bond acceptors (Lipinski definition) is 3. The maximum absolute atomic E-state index is 5.78. The van der Waals surface area contributed by atoms with Crippen molar-refractivity contribution < 1.29 is 8.85 Å². The van der Waals surface area contributed by atoms with Crippen LogP contribution in [-0.2, 0) is 8.85 Å². The van der Waals surface area contributed by atoms with Gasteiger partial charge in [-0.2, -0.15) is 0 Å². The van der Waals surface area contributed by atoms with Crippen molar-refractivity contribution >= 4 is 8.72 Å². The van der Waals surface area contributed by atoms with Gasteiger partial charge in [-0.05, 0) is 33.2 Å². The van der Waals surface area contributed by atoms with Crippen LogP contribution < -0.4 is 4.98 Å². The third kappa shape index (κ3) is 4.63. The summed E-state index contributed by atoms with van der Waals surface area (Å²) in [5, 5.41) is 0. The molecule has 0 unspecified atom stereocenters. The maximum Gasteiger partial charge on any atom is 0.422 e. The monoisotopic (exact) mass is 231 g/mol. The van der Waals surface area contributed by atoms with Gasteiger partial charge in [-0.15, -0.1) is 0 Å². The van der Waals surface area contributed by atoms with Crippen molar-refractivity contribution in [2.75, 3.05) is 13.2 Å². The van der Waals surface area contributed by atoms with Crippen LogP contribution in [0.4, 0.5) is 0 Å². The third-order valence-corrected chi connectivity index (χ3v) is 5.52. The Balaban J connectivity index is 2.40. The lowest BCUT2D eigenvalue weighted by Crippen LogP contribution is -2.58. The van der Waals surface area contributed by atoms with Crippen LogP contribution in [0.15, 0.2) is 0 Å². The van der Waals surface area contributed by atoms with Crippen molar-refractivity contribution in [1.82, 2.24) is 4.98 Å². The van der Waals surface area contributed by atoms with Gasteiger partial charge in [0.25, 0.3) is 0 Å². The zero-order chi connectivity index (χ0) is 11.1. The SMILES string of the molecule is CCO[Si](C)(NC1CCCCC1)OCC. The van der Waals surface area contributed by atoms with Gasteiger partial charge in [0, 0.05) is 19.3 Å². The first-order valence-electron chi connectivity index (χ1n) is 6.25. The molecule has 0 aliphatic heterocycles. The molecular formula is C11H25NO2Si. The fourth-order valence-electron chi connectivity index (χ4n) is 2.29. The van der Waals surface area contributed by atoms with E-state index in [1.54, 1.807) is 0 Å². The predicted octanol–water partition coefficient (Wildman–Crippen LogP) is 2.55. The molecule has 0 atom stereocenters. The smallest absolute Gasteiger partial charge is 0.383 e. The minimum absolute atomic E-state index is 0.619. The summed E-state index contributed by atoms with van der Waals surface area (Å²) < 4.78 is 11.6. The first kappa shape index (κ1) is 13.2. The van der Waals surface area contributed by atoms with Crippen LogP contribution in [0.3, 0.4) is 0 Å². The highest BCUT2D eigenvalue weighted by Crippen LogP contribution is 2.19. The molecule has 0 saturated heterocycles. The highest BCUT2D eigenvalue weighted by atomic mass is 28.4. The van der Waals surface area contributed by atoms with E-state index in [1.165, 1.54) is 32.1 Å². The van der Waals surface area contributed by atoms with Crippen LogP contribution in [-0.4, -0.2) is 28.0 Å². The van der Waals surface area contributed by atoms with E-state index in [9.17, 15) is 0 Å². The van der Waals surface area contributed by atoms with Gasteiger partial charge in [0.05, 0.1) is 0 Å². The Hall–Kier alpha value is 0.0969. The van der Waals surface area contributed by atoms with Gasteiger partial charge < -0.3 is 8.85 Å². The lowest BCUT2D eigenvalue weighted by molar-refractivity contribution is 0.169. The Bertz CT molecular complexity index is 166. The molecule has 0 spiro atoms. The second-order valence-corrected chi connectivity index (χ2v) is 7.05. The molecule has 1 fully saturated rings. The van der Waals surface area contributed by atoms with Crippen LogP contribution in [0.5, 0.6) is 0 Å². The summed E-state index contributed by atoms with van der Waals surface area (Å²) in [4.78, 5) is 3.63. The summed E-state index contributed by atoms with van der Waals surface area (Å²) in [7, 11) is -2.09. The van der Waals surface area contributed by atoms with E-state index in [0.29, 0.717) is 6.04 Å². The molecule has 4 heteroatoms. The third-order valence-electron chi connectivity index (χ3n) is 2.91. The molecule has 1 aliphatic rings. The molecule has 0 aromatic rings. The Morgan fingerprint density at radius 3 is 2.07 bits per heavy atom. The van der Waals surface area contributed by atoms with E-state index in [4.69, 9.17) is 8.85 Å². The second-order valence-electron chi connectivity index (χ2n) is 4.29. The summed E-state index contributed by atoms with van der Waals surface area (Å²) in [5.74, 6) is 0. The molecule has 1 saturated carbocycles. The van der Waals surface area contributed by atoms with Gasteiger partial charge in [-0.25, -0.2) is 0 Å². The van der Waals surface area contributed by atoms with E-state index >= 15 is 0 Å². The van der Waals surface area contributed by atoms with Crippen molar-refractivity contribution in [3.05, 3.63) is 0 Å². The summed E-state index contributed by atoms with van der Waals surface area (Å²) in [6.07, 6.45) is 6.64. The van der Waals surface area contributed by atoms with Crippen LogP contribution in [0.25, 0.3) is 0 Å². The minimum Gasteiger partial charge on any atom is -0.383 e. The normalized spacial score (nSPS) is 19.4. The van der Waals surface area contributed by atoms with E-state index in [-0.39, 0.29) is 0 Å². The number of rotatable bonds is 6. The lowest BCUT2D eigenvalue weighted by Gasteiger charge is -2.33. The van der Waals surface area contributed by atoms with E-state index in [0.717, 1.165) is 13.2 Å². The Morgan fingerprint density at radius 1 is 1.07 bits per heavy atom.